The summed E-state index contributed by atoms with van der Waals surface area (Å²) in [6, 6.07) is 5.50. The molecule has 0 aromatic heterocycles. The van der Waals surface area contributed by atoms with E-state index >= 15 is 0 Å². The van der Waals surface area contributed by atoms with Crippen LogP contribution in [0, 0.1) is 5.92 Å². The minimum absolute atomic E-state index is 0.352. The molecule has 0 aliphatic rings. The lowest BCUT2D eigenvalue weighted by atomic mass is 10.1. The van der Waals surface area contributed by atoms with Crippen LogP contribution in [0.4, 0.5) is 5.69 Å². The SMILES string of the molecule is CCOC(=O)c1cccc(SC(C)C(C)C)c1N. The quantitative estimate of drug-likeness (QED) is 0.503. The van der Waals surface area contributed by atoms with Crippen molar-refractivity contribution in [2.24, 2.45) is 5.92 Å². The zero-order valence-corrected chi connectivity index (χ0v) is 12.2. The van der Waals surface area contributed by atoms with Gasteiger partial charge in [-0.05, 0) is 25.0 Å². The lowest BCUT2D eigenvalue weighted by molar-refractivity contribution is 0.0527. The lowest BCUT2D eigenvalue weighted by Gasteiger charge is -2.17. The number of hydrogen-bond donors (Lipinski definition) is 1. The van der Waals surface area contributed by atoms with E-state index in [2.05, 4.69) is 20.8 Å². The van der Waals surface area contributed by atoms with Crippen molar-refractivity contribution in [3.63, 3.8) is 0 Å². The van der Waals surface area contributed by atoms with E-state index in [1.165, 1.54) is 0 Å². The van der Waals surface area contributed by atoms with Gasteiger partial charge >= 0.3 is 5.97 Å². The summed E-state index contributed by atoms with van der Waals surface area (Å²) in [6.45, 7) is 8.64. The molecule has 0 bridgehead atoms. The molecule has 1 atom stereocenters. The number of ether oxygens (including phenoxy) is 1. The highest BCUT2D eigenvalue weighted by atomic mass is 32.2. The molecule has 0 aliphatic heterocycles. The molecule has 0 spiro atoms. The standard InChI is InChI=1S/C14H21NO2S/c1-5-17-14(16)11-7-6-8-12(13(11)15)18-10(4)9(2)3/h6-10H,5,15H2,1-4H3. The van der Waals surface area contributed by atoms with Crippen molar-refractivity contribution >= 4 is 23.4 Å². The lowest BCUT2D eigenvalue weighted by Crippen LogP contribution is -2.10. The fourth-order valence-corrected chi connectivity index (χ4v) is 2.44. The molecular formula is C14H21NO2S. The van der Waals surface area contributed by atoms with Crippen molar-refractivity contribution in [3.8, 4) is 0 Å². The third kappa shape index (κ3) is 3.67. The maximum absolute atomic E-state index is 11.7. The molecule has 1 aromatic carbocycles. The highest BCUT2D eigenvalue weighted by Gasteiger charge is 2.16. The third-order valence-corrected chi connectivity index (χ3v) is 4.34. The van der Waals surface area contributed by atoms with Crippen LogP contribution < -0.4 is 5.73 Å². The molecule has 0 heterocycles. The Morgan fingerprint density at radius 2 is 2.06 bits per heavy atom. The van der Waals surface area contributed by atoms with Crippen LogP contribution in [0.2, 0.25) is 0 Å². The maximum atomic E-state index is 11.7. The van der Waals surface area contributed by atoms with Crippen molar-refractivity contribution in [2.75, 3.05) is 12.3 Å². The van der Waals surface area contributed by atoms with Crippen LogP contribution in [0.5, 0.6) is 0 Å². The van der Waals surface area contributed by atoms with Gasteiger partial charge in [0.15, 0.2) is 0 Å². The Kier molecular flexibility index (Phi) is 5.54. The minimum atomic E-state index is -0.352. The number of carbonyl (C=O) groups excluding carboxylic acids is 1. The molecule has 4 heteroatoms. The van der Waals surface area contributed by atoms with Crippen LogP contribution in [0.25, 0.3) is 0 Å². The van der Waals surface area contributed by atoms with Crippen molar-refractivity contribution in [1.29, 1.82) is 0 Å². The average molecular weight is 267 g/mol. The first kappa shape index (κ1) is 14.9. The number of nitrogens with two attached hydrogens (primary N) is 1. The monoisotopic (exact) mass is 267 g/mol. The van der Waals surface area contributed by atoms with Gasteiger partial charge < -0.3 is 10.5 Å². The number of rotatable bonds is 5. The van der Waals surface area contributed by atoms with E-state index < -0.39 is 0 Å². The Labute approximate surface area is 113 Å². The van der Waals surface area contributed by atoms with E-state index in [0.717, 1.165) is 4.90 Å². The molecular weight excluding hydrogens is 246 g/mol. The predicted octanol–water partition coefficient (Wildman–Crippen LogP) is 3.58. The van der Waals surface area contributed by atoms with Crippen LogP contribution in [-0.4, -0.2) is 17.8 Å². The number of carbonyl (C=O) groups is 1. The fraction of sp³-hybridized carbons (Fsp3) is 0.500. The summed E-state index contributed by atoms with van der Waals surface area (Å²) < 4.78 is 4.99. The van der Waals surface area contributed by atoms with E-state index in [1.54, 1.807) is 24.8 Å². The Balaban J connectivity index is 2.95. The number of anilines is 1. The van der Waals surface area contributed by atoms with Gasteiger partial charge in [-0.1, -0.05) is 26.8 Å². The molecule has 2 N–H and O–H groups in total. The number of benzene rings is 1. The fourth-order valence-electron chi connectivity index (χ4n) is 1.37. The molecule has 0 amide bonds. The van der Waals surface area contributed by atoms with Gasteiger partial charge in [0.2, 0.25) is 0 Å². The number of hydrogen-bond acceptors (Lipinski definition) is 4. The first-order valence-corrected chi connectivity index (χ1v) is 7.07. The first-order valence-electron chi connectivity index (χ1n) is 6.19. The van der Waals surface area contributed by atoms with Crippen LogP contribution >= 0.6 is 11.8 Å². The van der Waals surface area contributed by atoms with Crippen molar-refractivity contribution < 1.29 is 9.53 Å². The smallest absolute Gasteiger partial charge is 0.340 e. The molecule has 0 saturated carbocycles. The largest absolute Gasteiger partial charge is 0.462 e. The molecule has 0 fully saturated rings. The minimum Gasteiger partial charge on any atom is -0.462 e. The van der Waals surface area contributed by atoms with E-state index in [1.807, 2.05) is 12.1 Å². The Bertz CT molecular complexity index is 418. The van der Waals surface area contributed by atoms with Gasteiger partial charge in [-0.25, -0.2) is 4.79 Å². The molecule has 0 radical (unpaired) electrons. The van der Waals surface area contributed by atoms with Gasteiger partial charge in [0.05, 0.1) is 17.9 Å². The zero-order valence-electron chi connectivity index (χ0n) is 11.4. The summed E-state index contributed by atoms with van der Waals surface area (Å²) in [5.74, 6) is 0.204. The summed E-state index contributed by atoms with van der Waals surface area (Å²) in [7, 11) is 0. The number of para-hydroxylation sites is 1. The number of nitrogen functional groups attached to an aromatic ring is 1. The Morgan fingerprint density at radius 1 is 1.39 bits per heavy atom. The summed E-state index contributed by atoms with van der Waals surface area (Å²) in [5, 5.41) is 0.449. The molecule has 0 aliphatic carbocycles. The molecule has 18 heavy (non-hydrogen) atoms. The van der Waals surface area contributed by atoms with Gasteiger partial charge in [-0.2, -0.15) is 0 Å². The van der Waals surface area contributed by atoms with Crippen molar-refractivity contribution in [3.05, 3.63) is 23.8 Å². The molecule has 1 aromatic rings. The van der Waals surface area contributed by atoms with Gasteiger partial charge in [0, 0.05) is 10.1 Å². The predicted molar refractivity (Wildman–Crippen MR) is 77.0 cm³/mol. The van der Waals surface area contributed by atoms with Gasteiger partial charge in [0.25, 0.3) is 0 Å². The Hall–Kier alpha value is -1.16. The molecule has 3 nitrogen and oxygen atoms in total. The van der Waals surface area contributed by atoms with Crippen LogP contribution in [0.15, 0.2) is 23.1 Å². The van der Waals surface area contributed by atoms with Gasteiger partial charge in [0.1, 0.15) is 0 Å². The summed E-state index contributed by atoms with van der Waals surface area (Å²) >= 11 is 1.70. The van der Waals surface area contributed by atoms with E-state index in [-0.39, 0.29) is 5.97 Å². The second-order valence-electron chi connectivity index (χ2n) is 4.50. The summed E-state index contributed by atoms with van der Waals surface area (Å²) in [4.78, 5) is 12.7. The molecule has 1 rings (SSSR count). The van der Waals surface area contributed by atoms with Gasteiger partial charge in [-0.3, -0.25) is 0 Å². The van der Waals surface area contributed by atoms with Gasteiger partial charge in [-0.15, -0.1) is 11.8 Å². The van der Waals surface area contributed by atoms with E-state index in [0.29, 0.717) is 29.0 Å². The molecule has 0 saturated heterocycles. The highest BCUT2D eigenvalue weighted by Crippen LogP contribution is 2.33. The number of esters is 1. The number of thioether (sulfide) groups is 1. The van der Waals surface area contributed by atoms with Crippen molar-refractivity contribution in [2.45, 2.75) is 37.8 Å². The topological polar surface area (TPSA) is 52.3 Å². The zero-order chi connectivity index (χ0) is 13.7. The third-order valence-electron chi connectivity index (χ3n) is 2.81. The van der Waals surface area contributed by atoms with E-state index in [9.17, 15) is 4.79 Å². The second-order valence-corrected chi connectivity index (χ2v) is 5.92. The van der Waals surface area contributed by atoms with Crippen LogP contribution in [-0.2, 0) is 4.74 Å². The van der Waals surface area contributed by atoms with Crippen LogP contribution in [0.1, 0.15) is 38.1 Å². The van der Waals surface area contributed by atoms with Crippen LogP contribution in [0.3, 0.4) is 0 Å². The van der Waals surface area contributed by atoms with E-state index in [4.69, 9.17) is 10.5 Å². The highest BCUT2D eigenvalue weighted by molar-refractivity contribution is 8.00. The summed E-state index contributed by atoms with van der Waals surface area (Å²) in [5.41, 5.74) is 7.02. The Morgan fingerprint density at radius 3 is 2.61 bits per heavy atom. The summed E-state index contributed by atoms with van der Waals surface area (Å²) in [6.07, 6.45) is 0. The normalized spacial score (nSPS) is 12.5. The van der Waals surface area contributed by atoms with Crippen molar-refractivity contribution in [1.82, 2.24) is 0 Å². The average Bonchev–Trinajstić information content (AvgIpc) is 2.31. The molecule has 100 valence electrons. The molecule has 1 unspecified atom stereocenters. The second kappa shape index (κ2) is 6.69. The first-order chi connectivity index (χ1) is 8.47. The maximum Gasteiger partial charge on any atom is 0.340 e.